The maximum Gasteiger partial charge on any atom is 0.272 e. The summed E-state index contributed by atoms with van der Waals surface area (Å²) in [7, 11) is 1.58. The van der Waals surface area contributed by atoms with E-state index < -0.39 is 0 Å². The van der Waals surface area contributed by atoms with Gasteiger partial charge in [-0.15, -0.1) is 0 Å². The molecule has 1 aromatic rings. The number of carbonyl (C=O) groups excluding carboxylic acids is 1. The van der Waals surface area contributed by atoms with Gasteiger partial charge in [-0.2, -0.15) is 5.26 Å². The lowest BCUT2D eigenvalue weighted by Crippen LogP contribution is -2.35. The van der Waals surface area contributed by atoms with E-state index in [-0.39, 0.29) is 5.91 Å². The number of nitriles is 1. The van der Waals surface area contributed by atoms with Crippen LogP contribution >= 0.6 is 0 Å². The Morgan fingerprint density at radius 3 is 2.94 bits per heavy atom. The van der Waals surface area contributed by atoms with Crippen molar-refractivity contribution in [1.82, 2.24) is 9.88 Å². The smallest absolute Gasteiger partial charge is 0.272 e. The Labute approximate surface area is 101 Å². The van der Waals surface area contributed by atoms with Crippen LogP contribution in [-0.2, 0) is 4.74 Å². The molecule has 5 heteroatoms. The number of carbonyl (C=O) groups is 1. The van der Waals surface area contributed by atoms with Crippen molar-refractivity contribution < 1.29 is 9.53 Å². The number of pyridine rings is 1. The lowest BCUT2D eigenvalue weighted by molar-refractivity contribution is 0.0694. The number of rotatable bonds is 6. The molecule has 0 spiro atoms. The second-order valence-electron chi connectivity index (χ2n) is 3.41. The fourth-order valence-corrected chi connectivity index (χ4v) is 1.35. The first-order chi connectivity index (χ1) is 8.29. The van der Waals surface area contributed by atoms with Crippen LogP contribution in [0, 0.1) is 11.3 Å². The van der Waals surface area contributed by atoms with Crippen LogP contribution in [0.4, 0.5) is 0 Å². The molecule has 17 heavy (non-hydrogen) atoms. The predicted octanol–water partition coefficient (Wildman–Crippen LogP) is 1.08. The molecular formula is C12H15N3O2. The summed E-state index contributed by atoms with van der Waals surface area (Å²) in [5, 5.41) is 8.56. The molecule has 1 amide bonds. The third kappa shape index (κ3) is 4.21. The van der Waals surface area contributed by atoms with E-state index in [1.54, 1.807) is 36.4 Å². The van der Waals surface area contributed by atoms with E-state index in [2.05, 4.69) is 4.98 Å². The Hall–Kier alpha value is -1.93. The number of methoxy groups -OCH3 is 1. The summed E-state index contributed by atoms with van der Waals surface area (Å²) in [6, 6.07) is 7.21. The Balaban J connectivity index is 2.68. The number of hydrogen-bond donors (Lipinski definition) is 0. The fourth-order valence-electron chi connectivity index (χ4n) is 1.35. The first-order valence-electron chi connectivity index (χ1n) is 5.35. The maximum absolute atomic E-state index is 12.1. The number of ether oxygens (including phenoxy) is 1. The molecule has 0 atom stereocenters. The van der Waals surface area contributed by atoms with Gasteiger partial charge in [0.15, 0.2) is 0 Å². The summed E-state index contributed by atoms with van der Waals surface area (Å²) in [5.41, 5.74) is 0.390. The Bertz CT molecular complexity index is 386. The average Bonchev–Trinajstić information content (AvgIpc) is 2.39. The van der Waals surface area contributed by atoms with Crippen LogP contribution in [0.5, 0.6) is 0 Å². The second kappa shape index (κ2) is 7.36. The molecule has 0 aliphatic heterocycles. The van der Waals surface area contributed by atoms with Crippen molar-refractivity contribution in [1.29, 1.82) is 5.26 Å². The van der Waals surface area contributed by atoms with Crippen LogP contribution in [0.3, 0.4) is 0 Å². The van der Waals surface area contributed by atoms with Crippen molar-refractivity contribution >= 4 is 5.91 Å². The lowest BCUT2D eigenvalue weighted by atomic mass is 10.3. The van der Waals surface area contributed by atoms with Gasteiger partial charge < -0.3 is 9.64 Å². The molecule has 0 aromatic carbocycles. The van der Waals surface area contributed by atoms with Gasteiger partial charge in [0.25, 0.3) is 5.91 Å². The first kappa shape index (κ1) is 13.1. The van der Waals surface area contributed by atoms with Crippen molar-refractivity contribution in [3.63, 3.8) is 0 Å². The number of nitrogens with zero attached hydrogens (tertiary/aromatic N) is 3. The van der Waals surface area contributed by atoms with Gasteiger partial charge >= 0.3 is 0 Å². The van der Waals surface area contributed by atoms with Crippen LogP contribution in [-0.4, -0.2) is 42.6 Å². The minimum absolute atomic E-state index is 0.169. The fraction of sp³-hybridized carbons (Fsp3) is 0.417. The SMILES string of the molecule is COCCN(CCC#N)C(=O)c1ccccn1. The molecule has 0 unspecified atom stereocenters. The quantitative estimate of drug-likeness (QED) is 0.737. The molecule has 0 saturated carbocycles. The molecule has 0 saturated heterocycles. The van der Waals surface area contributed by atoms with Gasteiger partial charge in [-0.3, -0.25) is 9.78 Å². The van der Waals surface area contributed by atoms with Gasteiger partial charge in [0.1, 0.15) is 5.69 Å². The third-order valence-corrected chi connectivity index (χ3v) is 2.23. The van der Waals surface area contributed by atoms with Gasteiger partial charge in [0.05, 0.1) is 19.1 Å². The van der Waals surface area contributed by atoms with E-state index in [1.807, 2.05) is 6.07 Å². The number of amides is 1. The Morgan fingerprint density at radius 2 is 2.35 bits per heavy atom. The monoisotopic (exact) mass is 233 g/mol. The summed E-state index contributed by atoms with van der Waals surface area (Å²) in [6.45, 7) is 1.31. The molecule has 5 nitrogen and oxygen atoms in total. The molecule has 90 valence electrons. The van der Waals surface area contributed by atoms with Crippen molar-refractivity contribution in [3.8, 4) is 6.07 Å². The summed E-state index contributed by atoms with van der Waals surface area (Å²) in [5.74, 6) is -0.169. The minimum Gasteiger partial charge on any atom is -0.383 e. The van der Waals surface area contributed by atoms with E-state index in [1.165, 1.54) is 0 Å². The Kier molecular flexibility index (Phi) is 5.69. The molecule has 0 radical (unpaired) electrons. The molecule has 0 aliphatic carbocycles. The van der Waals surface area contributed by atoms with Gasteiger partial charge in [0, 0.05) is 26.4 Å². The highest BCUT2D eigenvalue weighted by Gasteiger charge is 2.15. The molecule has 0 bridgehead atoms. The van der Waals surface area contributed by atoms with Gasteiger partial charge in [-0.05, 0) is 12.1 Å². The highest BCUT2D eigenvalue weighted by molar-refractivity contribution is 5.92. The largest absolute Gasteiger partial charge is 0.383 e. The van der Waals surface area contributed by atoms with Gasteiger partial charge in [-0.25, -0.2) is 0 Å². The van der Waals surface area contributed by atoms with Crippen LogP contribution in [0.15, 0.2) is 24.4 Å². The average molecular weight is 233 g/mol. The van der Waals surface area contributed by atoms with Crippen molar-refractivity contribution in [3.05, 3.63) is 30.1 Å². The molecule has 1 aromatic heterocycles. The molecule has 0 fully saturated rings. The third-order valence-electron chi connectivity index (χ3n) is 2.23. The molecular weight excluding hydrogens is 218 g/mol. The van der Waals surface area contributed by atoms with Crippen LogP contribution < -0.4 is 0 Å². The molecule has 1 rings (SSSR count). The topological polar surface area (TPSA) is 66.2 Å². The van der Waals surface area contributed by atoms with E-state index in [9.17, 15) is 4.79 Å². The second-order valence-corrected chi connectivity index (χ2v) is 3.41. The van der Waals surface area contributed by atoms with E-state index in [4.69, 9.17) is 10.00 Å². The first-order valence-corrected chi connectivity index (χ1v) is 5.35. The number of hydrogen-bond acceptors (Lipinski definition) is 4. The van der Waals surface area contributed by atoms with Gasteiger partial charge in [0.2, 0.25) is 0 Å². The van der Waals surface area contributed by atoms with Crippen LogP contribution in [0.1, 0.15) is 16.9 Å². The molecule has 0 N–H and O–H groups in total. The lowest BCUT2D eigenvalue weighted by Gasteiger charge is -2.20. The predicted molar refractivity (Wildman–Crippen MR) is 62.2 cm³/mol. The summed E-state index contributed by atoms with van der Waals surface area (Å²) in [6.07, 6.45) is 1.88. The number of aromatic nitrogens is 1. The van der Waals surface area contributed by atoms with Crippen molar-refractivity contribution in [2.45, 2.75) is 6.42 Å². The van der Waals surface area contributed by atoms with E-state index in [0.29, 0.717) is 31.8 Å². The zero-order valence-corrected chi connectivity index (χ0v) is 9.80. The summed E-state index contributed by atoms with van der Waals surface area (Å²) in [4.78, 5) is 17.6. The van der Waals surface area contributed by atoms with E-state index >= 15 is 0 Å². The van der Waals surface area contributed by atoms with E-state index in [0.717, 1.165) is 0 Å². The molecule has 0 aliphatic rings. The zero-order chi connectivity index (χ0) is 12.5. The molecule has 1 heterocycles. The van der Waals surface area contributed by atoms with Gasteiger partial charge in [-0.1, -0.05) is 6.07 Å². The highest BCUT2D eigenvalue weighted by Crippen LogP contribution is 2.02. The maximum atomic E-state index is 12.1. The summed E-state index contributed by atoms with van der Waals surface area (Å²) >= 11 is 0. The zero-order valence-electron chi connectivity index (χ0n) is 9.80. The minimum atomic E-state index is -0.169. The summed E-state index contributed by atoms with van der Waals surface area (Å²) < 4.78 is 4.94. The normalized spacial score (nSPS) is 9.65. The Morgan fingerprint density at radius 1 is 1.53 bits per heavy atom. The highest BCUT2D eigenvalue weighted by atomic mass is 16.5. The van der Waals surface area contributed by atoms with Crippen LogP contribution in [0.2, 0.25) is 0 Å². The van der Waals surface area contributed by atoms with Crippen molar-refractivity contribution in [2.24, 2.45) is 0 Å². The standard InChI is InChI=1S/C12H15N3O2/c1-17-10-9-15(8-4-6-13)12(16)11-5-2-3-7-14-11/h2-3,5,7H,4,8-10H2,1H3. The van der Waals surface area contributed by atoms with Crippen molar-refractivity contribution in [2.75, 3.05) is 26.8 Å². The van der Waals surface area contributed by atoms with Crippen LogP contribution in [0.25, 0.3) is 0 Å².